The third-order valence-electron chi connectivity index (χ3n) is 7.28. The lowest BCUT2D eigenvalue weighted by molar-refractivity contribution is 0.628. The van der Waals surface area contributed by atoms with Gasteiger partial charge in [0.15, 0.2) is 0 Å². The number of anilines is 3. The fraction of sp³-hybridized carbons (Fsp3) is 0. The minimum Gasteiger partial charge on any atom is -0.317 e. The van der Waals surface area contributed by atoms with Gasteiger partial charge < -0.3 is 9.47 Å². The summed E-state index contributed by atoms with van der Waals surface area (Å²) in [6.07, 6.45) is 2.12. The van der Waals surface area contributed by atoms with Crippen molar-refractivity contribution in [1.82, 2.24) is 4.57 Å². The van der Waals surface area contributed by atoms with Gasteiger partial charge >= 0.3 is 0 Å². The van der Waals surface area contributed by atoms with Gasteiger partial charge in [-0.2, -0.15) is 0 Å². The van der Waals surface area contributed by atoms with Crippen LogP contribution in [0.5, 0.6) is 0 Å². The number of nitrogens with zero attached hydrogens (tertiary/aromatic N) is 2. The Morgan fingerprint density at radius 1 is 0.462 bits per heavy atom. The van der Waals surface area contributed by atoms with Gasteiger partial charge in [0.2, 0.25) is 0 Å². The second-order valence-electron chi connectivity index (χ2n) is 9.68. The van der Waals surface area contributed by atoms with Crippen LogP contribution in [0.2, 0.25) is 0 Å². The zero-order valence-electron chi connectivity index (χ0n) is 21.2. The number of hydrogen-bond acceptors (Lipinski definition) is 1. The molecule has 0 amide bonds. The Balaban J connectivity index is 1.23. The van der Waals surface area contributed by atoms with E-state index in [4.69, 9.17) is 0 Å². The Kier molecular flexibility index (Phi) is 5.68. The second-order valence-corrected chi connectivity index (χ2v) is 9.68. The van der Waals surface area contributed by atoms with Crippen molar-refractivity contribution in [2.24, 2.45) is 0 Å². The fourth-order valence-corrected chi connectivity index (χ4v) is 5.28. The van der Waals surface area contributed by atoms with E-state index in [0.29, 0.717) is 0 Å². The lowest BCUT2D eigenvalue weighted by atomic mass is 10.0. The number of benzene rings is 6. The highest BCUT2D eigenvalue weighted by atomic mass is 19.1. The summed E-state index contributed by atoms with van der Waals surface area (Å²) in [5.41, 5.74) is 7.57. The van der Waals surface area contributed by atoms with Gasteiger partial charge in [-0.15, -0.1) is 0 Å². The Morgan fingerprint density at radius 3 is 1.74 bits per heavy atom. The van der Waals surface area contributed by atoms with E-state index in [1.54, 1.807) is 0 Å². The van der Waals surface area contributed by atoms with Gasteiger partial charge in [-0.1, -0.05) is 72.8 Å². The van der Waals surface area contributed by atoms with E-state index in [9.17, 15) is 4.39 Å². The SMILES string of the molecule is Fc1ccc(N(c2ccc(-c3ccc(-n4ccc5ccccc54)cc3)cc2)c2ccc3ccccc3c2)cc1. The van der Waals surface area contributed by atoms with Crippen molar-refractivity contribution in [3.05, 3.63) is 158 Å². The summed E-state index contributed by atoms with van der Waals surface area (Å²) in [7, 11) is 0. The molecule has 0 unspecified atom stereocenters. The summed E-state index contributed by atoms with van der Waals surface area (Å²) in [6.45, 7) is 0. The molecule has 186 valence electrons. The first-order chi connectivity index (χ1) is 19.2. The normalized spacial score (nSPS) is 11.2. The van der Waals surface area contributed by atoms with Gasteiger partial charge in [0.25, 0.3) is 0 Å². The Bertz CT molecular complexity index is 1900. The number of rotatable bonds is 5. The molecule has 0 saturated carbocycles. The van der Waals surface area contributed by atoms with Crippen LogP contribution >= 0.6 is 0 Å². The molecule has 3 heteroatoms. The molecule has 2 nitrogen and oxygen atoms in total. The number of para-hydroxylation sites is 1. The zero-order valence-corrected chi connectivity index (χ0v) is 21.2. The molecule has 7 aromatic rings. The van der Waals surface area contributed by atoms with E-state index in [-0.39, 0.29) is 5.82 Å². The van der Waals surface area contributed by atoms with Gasteiger partial charge in [-0.3, -0.25) is 0 Å². The molecule has 39 heavy (non-hydrogen) atoms. The second kappa shape index (κ2) is 9.62. The van der Waals surface area contributed by atoms with Crippen LogP contribution in [-0.4, -0.2) is 4.57 Å². The molecule has 0 aliphatic rings. The van der Waals surface area contributed by atoms with E-state index in [1.165, 1.54) is 28.4 Å². The van der Waals surface area contributed by atoms with E-state index >= 15 is 0 Å². The first-order valence-electron chi connectivity index (χ1n) is 13.0. The maximum atomic E-state index is 13.8. The van der Waals surface area contributed by atoms with Crippen molar-refractivity contribution in [2.75, 3.05) is 4.90 Å². The van der Waals surface area contributed by atoms with Gasteiger partial charge in [0, 0.05) is 28.9 Å². The van der Waals surface area contributed by atoms with Crippen LogP contribution in [0.25, 0.3) is 38.5 Å². The molecule has 0 atom stereocenters. The van der Waals surface area contributed by atoms with Crippen LogP contribution in [0.1, 0.15) is 0 Å². The van der Waals surface area contributed by atoms with Crippen molar-refractivity contribution < 1.29 is 4.39 Å². The van der Waals surface area contributed by atoms with Gasteiger partial charge in [0.1, 0.15) is 5.82 Å². The standard InChI is InChI=1S/C36H25FN2/c37-31-14-21-34(22-15-31)39(35-20-13-26-5-1-2-7-30(26)25-35)33-18-11-28(12-19-33)27-9-16-32(17-10-27)38-24-23-29-6-3-4-8-36(29)38/h1-25H. The molecular weight excluding hydrogens is 479 g/mol. The maximum absolute atomic E-state index is 13.8. The van der Waals surface area contributed by atoms with Crippen LogP contribution < -0.4 is 4.90 Å². The molecule has 7 rings (SSSR count). The summed E-state index contributed by atoms with van der Waals surface area (Å²) in [5, 5.41) is 3.58. The van der Waals surface area contributed by atoms with E-state index in [2.05, 4.69) is 125 Å². The van der Waals surface area contributed by atoms with Crippen molar-refractivity contribution in [3.8, 4) is 16.8 Å². The Labute approximate surface area is 226 Å². The molecule has 1 aromatic heterocycles. The lowest BCUT2D eigenvalue weighted by Crippen LogP contribution is -2.09. The molecule has 0 spiro atoms. The summed E-state index contributed by atoms with van der Waals surface area (Å²) >= 11 is 0. The molecule has 1 heterocycles. The number of fused-ring (bicyclic) bond motifs is 2. The highest BCUT2D eigenvalue weighted by Crippen LogP contribution is 2.37. The highest BCUT2D eigenvalue weighted by Gasteiger charge is 2.14. The summed E-state index contributed by atoms with van der Waals surface area (Å²) in [4.78, 5) is 2.16. The molecule has 0 radical (unpaired) electrons. The van der Waals surface area contributed by atoms with Crippen LogP contribution in [0.3, 0.4) is 0 Å². The van der Waals surface area contributed by atoms with E-state index in [1.807, 2.05) is 24.3 Å². The quantitative estimate of drug-likeness (QED) is 0.226. The topological polar surface area (TPSA) is 8.17 Å². The number of halogens is 1. The Hall–Kier alpha value is -5.15. The zero-order chi connectivity index (χ0) is 26.2. The van der Waals surface area contributed by atoms with Gasteiger partial charge in [-0.25, -0.2) is 4.39 Å². The molecule has 0 fully saturated rings. The van der Waals surface area contributed by atoms with Gasteiger partial charge in [0.05, 0.1) is 5.52 Å². The molecular formula is C36H25FN2. The third-order valence-corrected chi connectivity index (χ3v) is 7.28. The minimum atomic E-state index is -0.246. The summed E-state index contributed by atoms with van der Waals surface area (Å²) < 4.78 is 16.0. The third kappa shape index (κ3) is 4.34. The summed E-state index contributed by atoms with van der Waals surface area (Å²) in [5.74, 6) is -0.246. The van der Waals surface area contributed by atoms with Crippen molar-refractivity contribution >= 4 is 38.7 Å². The largest absolute Gasteiger partial charge is 0.317 e. The van der Waals surface area contributed by atoms with E-state index in [0.717, 1.165) is 39.3 Å². The number of hydrogen-bond donors (Lipinski definition) is 0. The molecule has 0 N–H and O–H groups in total. The van der Waals surface area contributed by atoms with Crippen LogP contribution in [0.4, 0.5) is 21.5 Å². The average Bonchev–Trinajstić information content (AvgIpc) is 3.43. The molecule has 0 saturated heterocycles. The number of aromatic nitrogens is 1. The minimum absolute atomic E-state index is 0.246. The Morgan fingerprint density at radius 2 is 1.03 bits per heavy atom. The van der Waals surface area contributed by atoms with E-state index < -0.39 is 0 Å². The lowest BCUT2D eigenvalue weighted by Gasteiger charge is -2.26. The molecule has 0 aliphatic carbocycles. The molecule has 0 bridgehead atoms. The van der Waals surface area contributed by atoms with Crippen LogP contribution in [0, 0.1) is 5.82 Å². The smallest absolute Gasteiger partial charge is 0.123 e. The van der Waals surface area contributed by atoms with Crippen molar-refractivity contribution in [1.29, 1.82) is 0 Å². The molecule has 0 aliphatic heterocycles. The van der Waals surface area contributed by atoms with Crippen molar-refractivity contribution in [2.45, 2.75) is 0 Å². The summed E-state index contributed by atoms with van der Waals surface area (Å²) in [6, 6.07) is 49.2. The van der Waals surface area contributed by atoms with Gasteiger partial charge in [-0.05, 0) is 100 Å². The first-order valence-corrected chi connectivity index (χ1v) is 13.0. The predicted octanol–water partition coefficient (Wildman–Crippen LogP) is 10.1. The predicted molar refractivity (Wildman–Crippen MR) is 161 cm³/mol. The molecule has 6 aromatic carbocycles. The highest BCUT2D eigenvalue weighted by molar-refractivity contribution is 5.89. The maximum Gasteiger partial charge on any atom is 0.123 e. The first kappa shape index (κ1) is 23.0. The monoisotopic (exact) mass is 504 g/mol. The average molecular weight is 505 g/mol. The van der Waals surface area contributed by atoms with Crippen LogP contribution in [0.15, 0.2) is 152 Å². The van der Waals surface area contributed by atoms with Crippen molar-refractivity contribution in [3.63, 3.8) is 0 Å². The fourth-order valence-electron chi connectivity index (χ4n) is 5.28. The van der Waals surface area contributed by atoms with Crippen LogP contribution in [-0.2, 0) is 0 Å².